The van der Waals surface area contributed by atoms with Gasteiger partial charge in [-0.15, -0.1) is 4.40 Å². The van der Waals surface area contributed by atoms with E-state index in [9.17, 15) is 8.42 Å². The van der Waals surface area contributed by atoms with Gasteiger partial charge in [0.1, 0.15) is 5.17 Å². The maximum Gasteiger partial charge on any atom is 0.283 e. The molecule has 0 aliphatic carbocycles. The third kappa shape index (κ3) is 3.46. The number of sulfonamides is 1. The molecule has 0 bridgehead atoms. The molecule has 0 atom stereocenters. The van der Waals surface area contributed by atoms with E-state index >= 15 is 0 Å². The van der Waals surface area contributed by atoms with Crippen LogP contribution in [0.5, 0.6) is 0 Å². The maximum atomic E-state index is 12.1. The van der Waals surface area contributed by atoms with Gasteiger partial charge < -0.3 is 0 Å². The highest BCUT2D eigenvalue weighted by molar-refractivity contribution is 7.90. The summed E-state index contributed by atoms with van der Waals surface area (Å²) in [5, 5.41) is -0.0365. The predicted octanol–water partition coefficient (Wildman–Crippen LogP) is 3.68. The third-order valence-corrected chi connectivity index (χ3v) is 4.50. The van der Waals surface area contributed by atoms with Crippen LogP contribution in [0.2, 0.25) is 0 Å². The van der Waals surface area contributed by atoms with Gasteiger partial charge in [-0.2, -0.15) is 8.42 Å². The third-order valence-electron chi connectivity index (χ3n) is 2.81. The van der Waals surface area contributed by atoms with Crippen molar-refractivity contribution in [3.05, 3.63) is 65.2 Å². The van der Waals surface area contributed by atoms with Gasteiger partial charge in [0.25, 0.3) is 10.0 Å². The lowest BCUT2D eigenvalue weighted by Crippen LogP contribution is -2.01. The summed E-state index contributed by atoms with van der Waals surface area (Å²) in [6.45, 7) is 3.83. The second kappa shape index (κ2) is 5.77. The molecule has 0 heterocycles. The second-order valence-electron chi connectivity index (χ2n) is 4.54. The van der Waals surface area contributed by atoms with Crippen molar-refractivity contribution >= 4 is 26.8 Å². The van der Waals surface area contributed by atoms with Crippen molar-refractivity contribution in [3.8, 4) is 0 Å². The second-order valence-corrected chi connectivity index (χ2v) is 6.50. The van der Waals surface area contributed by atoms with Crippen LogP contribution in [0.3, 0.4) is 0 Å². The SMILES string of the molecule is Cc1ccc(/C(Cl)=N/S(=O)(=O)c2ccc(C)cc2)cc1. The fourth-order valence-electron chi connectivity index (χ4n) is 1.61. The van der Waals surface area contributed by atoms with Gasteiger partial charge in [0.05, 0.1) is 4.90 Å². The van der Waals surface area contributed by atoms with Crippen LogP contribution in [0.4, 0.5) is 0 Å². The zero-order valence-corrected chi connectivity index (χ0v) is 12.7. The highest BCUT2D eigenvalue weighted by Gasteiger charge is 2.14. The van der Waals surface area contributed by atoms with Gasteiger partial charge in [0, 0.05) is 5.56 Å². The summed E-state index contributed by atoms with van der Waals surface area (Å²) < 4.78 is 27.9. The number of benzene rings is 2. The molecule has 2 aromatic rings. The van der Waals surface area contributed by atoms with Gasteiger partial charge in [-0.05, 0) is 26.0 Å². The summed E-state index contributed by atoms with van der Waals surface area (Å²) >= 11 is 6.00. The number of rotatable bonds is 3. The molecule has 2 aromatic carbocycles. The Bertz CT molecular complexity index is 732. The van der Waals surface area contributed by atoms with Crippen molar-refractivity contribution in [3.63, 3.8) is 0 Å². The monoisotopic (exact) mass is 307 g/mol. The molecule has 2 rings (SSSR count). The zero-order chi connectivity index (χ0) is 14.8. The molecule has 0 aromatic heterocycles. The van der Waals surface area contributed by atoms with Gasteiger partial charge in [0.2, 0.25) is 0 Å². The quantitative estimate of drug-likeness (QED) is 0.812. The molecule has 0 spiro atoms. The lowest BCUT2D eigenvalue weighted by Gasteiger charge is -2.02. The number of aryl methyl sites for hydroxylation is 2. The molecule has 3 nitrogen and oxygen atoms in total. The molecule has 0 aliphatic rings. The van der Waals surface area contributed by atoms with Crippen LogP contribution in [0, 0.1) is 13.8 Å². The topological polar surface area (TPSA) is 46.5 Å². The van der Waals surface area contributed by atoms with Crippen molar-refractivity contribution in [2.75, 3.05) is 0 Å². The molecule has 0 aliphatic heterocycles. The Morgan fingerprint density at radius 3 is 1.85 bits per heavy atom. The standard InChI is InChI=1S/C15H14ClNO2S/c1-11-3-7-13(8-4-11)15(16)17-20(18,19)14-9-5-12(2)6-10-14/h3-10H,1-2H3/b17-15-. The van der Waals surface area contributed by atoms with Crippen LogP contribution in [0.1, 0.15) is 16.7 Å². The van der Waals surface area contributed by atoms with E-state index in [1.54, 1.807) is 24.3 Å². The first-order valence-electron chi connectivity index (χ1n) is 6.03. The summed E-state index contributed by atoms with van der Waals surface area (Å²) in [7, 11) is -3.78. The van der Waals surface area contributed by atoms with Gasteiger partial charge in [0.15, 0.2) is 0 Å². The van der Waals surface area contributed by atoms with Crippen LogP contribution in [0.15, 0.2) is 57.8 Å². The maximum absolute atomic E-state index is 12.1. The Balaban J connectivity index is 2.37. The van der Waals surface area contributed by atoms with Gasteiger partial charge in [-0.3, -0.25) is 0 Å². The molecule has 0 saturated heterocycles. The van der Waals surface area contributed by atoms with Crippen molar-refractivity contribution in [1.82, 2.24) is 0 Å². The Morgan fingerprint density at radius 2 is 1.35 bits per heavy atom. The smallest absolute Gasteiger partial charge is 0.199 e. The Kier molecular flexibility index (Phi) is 4.26. The van der Waals surface area contributed by atoms with Gasteiger partial charge >= 0.3 is 0 Å². The average Bonchev–Trinajstić information content (AvgIpc) is 2.39. The Labute approximate surface area is 124 Å². The lowest BCUT2D eigenvalue weighted by molar-refractivity contribution is 0.598. The van der Waals surface area contributed by atoms with Crippen LogP contribution in [-0.4, -0.2) is 13.6 Å². The first-order valence-corrected chi connectivity index (χ1v) is 7.84. The largest absolute Gasteiger partial charge is 0.283 e. The molecule has 0 fully saturated rings. The van der Waals surface area contributed by atoms with E-state index in [4.69, 9.17) is 11.6 Å². The van der Waals surface area contributed by atoms with E-state index in [0.29, 0.717) is 5.56 Å². The number of hydrogen-bond acceptors (Lipinski definition) is 2. The molecular weight excluding hydrogens is 294 g/mol. The predicted molar refractivity (Wildman–Crippen MR) is 81.9 cm³/mol. The van der Waals surface area contributed by atoms with Gasteiger partial charge in [-0.1, -0.05) is 59.1 Å². The van der Waals surface area contributed by atoms with E-state index in [-0.39, 0.29) is 10.1 Å². The van der Waals surface area contributed by atoms with Crippen LogP contribution < -0.4 is 0 Å². The van der Waals surface area contributed by atoms with E-state index in [1.807, 2.05) is 26.0 Å². The van der Waals surface area contributed by atoms with E-state index in [2.05, 4.69) is 4.40 Å². The van der Waals surface area contributed by atoms with E-state index < -0.39 is 10.0 Å². The normalized spacial score (nSPS) is 12.4. The van der Waals surface area contributed by atoms with Crippen LogP contribution >= 0.6 is 11.6 Å². The highest BCUT2D eigenvalue weighted by Crippen LogP contribution is 2.16. The molecule has 0 unspecified atom stereocenters. The minimum absolute atomic E-state index is 0.0365. The molecule has 20 heavy (non-hydrogen) atoms. The summed E-state index contributed by atoms with van der Waals surface area (Å²) in [5.74, 6) is 0. The molecule has 0 saturated carbocycles. The molecule has 0 amide bonds. The summed E-state index contributed by atoms with van der Waals surface area (Å²) in [6.07, 6.45) is 0. The van der Waals surface area contributed by atoms with Gasteiger partial charge in [-0.25, -0.2) is 0 Å². The molecule has 5 heteroatoms. The fourth-order valence-corrected chi connectivity index (χ4v) is 2.91. The highest BCUT2D eigenvalue weighted by atomic mass is 35.5. The van der Waals surface area contributed by atoms with Crippen LogP contribution in [0.25, 0.3) is 0 Å². The fraction of sp³-hybridized carbons (Fsp3) is 0.133. The first kappa shape index (κ1) is 14.8. The number of halogens is 1. The average molecular weight is 308 g/mol. The Hall–Kier alpha value is -1.65. The Morgan fingerprint density at radius 1 is 0.900 bits per heavy atom. The molecule has 104 valence electrons. The van der Waals surface area contributed by atoms with Crippen molar-refractivity contribution in [2.45, 2.75) is 18.7 Å². The van der Waals surface area contributed by atoms with Crippen molar-refractivity contribution in [1.29, 1.82) is 0 Å². The molecule has 0 radical (unpaired) electrons. The first-order chi connectivity index (χ1) is 9.38. The minimum atomic E-state index is -3.78. The van der Waals surface area contributed by atoms with Crippen molar-refractivity contribution in [2.24, 2.45) is 4.40 Å². The number of hydrogen-bond donors (Lipinski definition) is 0. The molecule has 0 N–H and O–H groups in total. The lowest BCUT2D eigenvalue weighted by atomic mass is 10.2. The summed E-state index contributed by atoms with van der Waals surface area (Å²) in [6, 6.07) is 13.7. The van der Waals surface area contributed by atoms with E-state index in [0.717, 1.165) is 11.1 Å². The van der Waals surface area contributed by atoms with Crippen molar-refractivity contribution < 1.29 is 8.42 Å². The summed E-state index contributed by atoms with van der Waals surface area (Å²) in [5.41, 5.74) is 2.63. The molecular formula is C15H14ClNO2S. The van der Waals surface area contributed by atoms with E-state index in [1.165, 1.54) is 12.1 Å². The summed E-state index contributed by atoms with van der Waals surface area (Å²) in [4.78, 5) is 0.133. The minimum Gasteiger partial charge on any atom is -0.199 e. The zero-order valence-electron chi connectivity index (χ0n) is 11.2. The van der Waals surface area contributed by atoms with Crippen LogP contribution in [-0.2, 0) is 10.0 Å². The number of nitrogens with zero attached hydrogens (tertiary/aromatic N) is 1.